The van der Waals surface area contributed by atoms with Crippen LogP contribution in [0.4, 0.5) is 0 Å². The number of nitriles is 2. The molecule has 5 heteroatoms. The fraction of sp³-hybridized carbons (Fsp3) is 0.158. The van der Waals surface area contributed by atoms with E-state index >= 15 is 0 Å². The van der Waals surface area contributed by atoms with Crippen LogP contribution in [0.2, 0.25) is 0 Å². The maximum absolute atomic E-state index is 12.4. The molecule has 0 unspecified atom stereocenters. The van der Waals surface area contributed by atoms with E-state index in [0.29, 0.717) is 5.71 Å². The smallest absolute Gasteiger partial charge is 0.317 e. The Morgan fingerprint density at radius 1 is 0.958 bits per heavy atom. The van der Waals surface area contributed by atoms with Crippen LogP contribution in [0.1, 0.15) is 17.0 Å². The van der Waals surface area contributed by atoms with Crippen LogP contribution in [0.15, 0.2) is 65.8 Å². The lowest BCUT2D eigenvalue weighted by atomic mass is 9.74. The summed E-state index contributed by atoms with van der Waals surface area (Å²) in [6, 6.07) is 22.2. The van der Waals surface area contributed by atoms with Crippen molar-refractivity contribution in [3.8, 4) is 12.1 Å². The fourth-order valence-corrected chi connectivity index (χ4v) is 2.92. The Morgan fingerprint density at radius 2 is 1.54 bits per heavy atom. The van der Waals surface area contributed by atoms with Crippen molar-refractivity contribution in [2.45, 2.75) is 5.92 Å². The molecule has 2 aromatic rings. The molecular weight excluding hydrogens is 302 g/mol. The van der Waals surface area contributed by atoms with Gasteiger partial charge < -0.3 is 4.84 Å². The zero-order valence-electron chi connectivity index (χ0n) is 12.7. The van der Waals surface area contributed by atoms with E-state index in [-0.39, 0.29) is 0 Å². The van der Waals surface area contributed by atoms with Crippen molar-refractivity contribution in [3.63, 3.8) is 0 Å². The van der Waals surface area contributed by atoms with Crippen molar-refractivity contribution in [2.24, 2.45) is 17.0 Å². The second kappa shape index (κ2) is 6.76. The van der Waals surface area contributed by atoms with Crippen LogP contribution in [0.5, 0.6) is 0 Å². The average Bonchev–Trinajstić information content (AvgIpc) is 3.02. The highest BCUT2D eigenvalue weighted by atomic mass is 16.7. The first-order valence-corrected chi connectivity index (χ1v) is 7.44. The van der Waals surface area contributed by atoms with Gasteiger partial charge in [-0.3, -0.25) is 0 Å². The molecule has 5 nitrogen and oxygen atoms in total. The van der Waals surface area contributed by atoms with Crippen molar-refractivity contribution < 1.29 is 9.63 Å². The van der Waals surface area contributed by atoms with Gasteiger partial charge in [0.1, 0.15) is 17.5 Å². The lowest BCUT2D eigenvalue weighted by Crippen LogP contribution is -2.30. The van der Waals surface area contributed by atoms with E-state index < -0.39 is 23.7 Å². The summed E-state index contributed by atoms with van der Waals surface area (Å²) in [5.41, 5.74) is 1.92. The maximum atomic E-state index is 12.4. The Labute approximate surface area is 139 Å². The van der Waals surface area contributed by atoms with Crippen LogP contribution < -0.4 is 0 Å². The summed E-state index contributed by atoms with van der Waals surface area (Å²) < 4.78 is 0. The Kier molecular flexibility index (Phi) is 4.36. The first-order chi connectivity index (χ1) is 11.8. The molecule has 0 saturated heterocycles. The third-order valence-corrected chi connectivity index (χ3v) is 4.03. The van der Waals surface area contributed by atoms with E-state index in [9.17, 15) is 15.3 Å². The Balaban J connectivity index is 2.10. The molecule has 2 aromatic carbocycles. The summed E-state index contributed by atoms with van der Waals surface area (Å²) in [5.74, 6) is -2.97. The summed E-state index contributed by atoms with van der Waals surface area (Å²) in [6.07, 6.45) is 0. The molecule has 2 atom stereocenters. The average molecular weight is 315 g/mol. The van der Waals surface area contributed by atoms with Gasteiger partial charge in [-0.05, 0) is 5.56 Å². The van der Waals surface area contributed by atoms with E-state index in [1.54, 1.807) is 12.1 Å². The summed E-state index contributed by atoms with van der Waals surface area (Å²) in [5, 5.41) is 22.7. The number of hydrogen-bond acceptors (Lipinski definition) is 5. The number of oxime groups is 1. The lowest BCUT2D eigenvalue weighted by molar-refractivity contribution is -0.144. The molecule has 0 N–H and O–H groups in total. The van der Waals surface area contributed by atoms with Gasteiger partial charge in [0, 0.05) is 11.5 Å². The lowest BCUT2D eigenvalue weighted by Gasteiger charge is -2.23. The molecule has 1 aliphatic heterocycles. The highest BCUT2D eigenvalue weighted by Gasteiger charge is 2.44. The molecule has 24 heavy (non-hydrogen) atoms. The molecule has 3 rings (SSSR count). The van der Waals surface area contributed by atoms with E-state index in [1.807, 2.05) is 60.7 Å². The van der Waals surface area contributed by atoms with Crippen molar-refractivity contribution in [2.75, 3.05) is 0 Å². The molecule has 0 fully saturated rings. The monoisotopic (exact) mass is 315 g/mol. The molecular formula is C19H13N3O2. The van der Waals surface area contributed by atoms with Crippen molar-refractivity contribution in [1.82, 2.24) is 0 Å². The number of rotatable bonds is 4. The predicted octanol–water partition coefficient (Wildman–Crippen LogP) is 3.01. The Hall–Kier alpha value is -3.44. The van der Waals surface area contributed by atoms with Gasteiger partial charge in [-0.15, -0.1) is 0 Å². The van der Waals surface area contributed by atoms with E-state index in [4.69, 9.17) is 4.84 Å². The SMILES string of the molecule is N#CC(C#N)[C@H](c1ccccc1)[C@@H]1C(=O)ON=C1c1ccccc1. The van der Waals surface area contributed by atoms with Gasteiger partial charge in [0.2, 0.25) is 0 Å². The molecule has 0 amide bonds. The van der Waals surface area contributed by atoms with Gasteiger partial charge in [-0.25, -0.2) is 4.79 Å². The number of nitrogens with zero attached hydrogens (tertiary/aromatic N) is 3. The molecule has 1 heterocycles. The highest BCUT2D eigenvalue weighted by Crippen LogP contribution is 2.37. The zero-order valence-corrected chi connectivity index (χ0v) is 12.7. The first kappa shape index (κ1) is 15.5. The van der Waals surface area contributed by atoms with E-state index in [1.165, 1.54) is 0 Å². The summed E-state index contributed by atoms with van der Waals surface area (Å²) >= 11 is 0. The van der Waals surface area contributed by atoms with E-state index in [2.05, 4.69) is 5.16 Å². The summed E-state index contributed by atoms with van der Waals surface area (Å²) in [7, 11) is 0. The van der Waals surface area contributed by atoms with Gasteiger partial charge >= 0.3 is 5.97 Å². The minimum atomic E-state index is -0.989. The van der Waals surface area contributed by atoms with Crippen LogP contribution in [-0.4, -0.2) is 11.7 Å². The fourth-order valence-electron chi connectivity index (χ4n) is 2.92. The molecule has 0 saturated carbocycles. The maximum Gasteiger partial charge on any atom is 0.344 e. The van der Waals surface area contributed by atoms with Gasteiger partial charge in [-0.2, -0.15) is 10.5 Å². The standard InChI is InChI=1S/C19H13N3O2/c20-11-15(12-21)16(13-7-3-1-4-8-13)17-18(22-24-19(17)23)14-9-5-2-6-10-14/h1-10,15-17H/t16-,17-/m0/s1. The molecule has 116 valence electrons. The largest absolute Gasteiger partial charge is 0.344 e. The molecule has 0 spiro atoms. The van der Waals surface area contributed by atoms with Crippen molar-refractivity contribution in [1.29, 1.82) is 10.5 Å². The van der Waals surface area contributed by atoms with Crippen LogP contribution in [-0.2, 0) is 9.63 Å². The predicted molar refractivity (Wildman–Crippen MR) is 86.5 cm³/mol. The molecule has 0 bridgehead atoms. The normalized spacial score (nSPS) is 17.5. The second-order valence-corrected chi connectivity index (χ2v) is 5.40. The second-order valence-electron chi connectivity index (χ2n) is 5.40. The zero-order chi connectivity index (χ0) is 16.9. The van der Waals surface area contributed by atoms with Crippen LogP contribution in [0.3, 0.4) is 0 Å². The van der Waals surface area contributed by atoms with Crippen molar-refractivity contribution in [3.05, 3.63) is 71.8 Å². The van der Waals surface area contributed by atoms with Crippen LogP contribution >= 0.6 is 0 Å². The molecule has 0 aromatic heterocycles. The molecule has 1 aliphatic rings. The topological polar surface area (TPSA) is 86.2 Å². The van der Waals surface area contributed by atoms with Gasteiger partial charge in [0.05, 0.1) is 12.1 Å². The van der Waals surface area contributed by atoms with Gasteiger partial charge in [0.15, 0.2) is 0 Å². The minimum absolute atomic E-state index is 0.449. The van der Waals surface area contributed by atoms with Crippen molar-refractivity contribution >= 4 is 11.7 Å². The third-order valence-electron chi connectivity index (χ3n) is 4.03. The van der Waals surface area contributed by atoms with E-state index in [0.717, 1.165) is 11.1 Å². The summed E-state index contributed by atoms with van der Waals surface area (Å²) in [6.45, 7) is 0. The quantitative estimate of drug-likeness (QED) is 0.811. The van der Waals surface area contributed by atoms with Crippen LogP contribution in [0.25, 0.3) is 0 Å². The number of carbonyl (C=O) groups is 1. The third kappa shape index (κ3) is 2.76. The summed E-state index contributed by atoms with van der Waals surface area (Å²) in [4.78, 5) is 17.3. The minimum Gasteiger partial charge on any atom is -0.317 e. The molecule has 0 radical (unpaired) electrons. The number of benzene rings is 2. The number of hydrogen-bond donors (Lipinski definition) is 0. The number of carbonyl (C=O) groups excluding carboxylic acids is 1. The first-order valence-electron chi connectivity index (χ1n) is 7.44. The Bertz CT molecular complexity index is 834. The van der Waals surface area contributed by atoms with Gasteiger partial charge in [-0.1, -0.05) is 65.8 Å². The van der Waals surface area contributed by atoms with Gasteiger partial charge in [0.25, 0.3) is 0 Å². The van der Waals surface area contributed by atoms with Crippen LogP contribution in [0, 0.1) is 34.5 Å². The molecule has 0 aliphatic carbocycles. The Morgan fingerprint density at radius 3 is 2.12 bits per heavy atom. The highest BCUT2D eigenvalue weighted by molar-refractivity contribution is 6.14.